The van der Waals surface area contributed by atoms with Crippen LogP contribution in [0.2, 0.25) is 0 Å². The van der Waals surface area contributed by atoms with E-state index in [0.29, 0.717) is 13.0 Å². The number of carbonyl (C=O) groups excluding carboxylic acids is 2. The molecule has 0 bridgehead atoms. The highest BCUT2D eigenvalue weighted by molar-refractivity contribution is 7.80. The lowest BCUT2D eigenvalue weighted by Crippen LogP contribution is -2.44. The van der Waals surface area contributed by atoms with Crippen LogP contribution in [0.1, 0.15) is 33.1 Å². The van der Waals surface area contributed by atoms with Crippen LogP contribution in [0.3, 0.4) is 0 Å². The van der Waals surface area contributed by atoms with Gasteiger partial charge in [0.2, 0.25) is 11.8 Å². The lowest BCUT2D eigenvalue weighted by molar-refractivity contribution is -0.129. The van der Waals surface area contributed by atoms with Crippen molar-refractivity contribution in [2.24, 2.45) is 10.8 Å². The zero-order valence-electron chi connectivity index (χ0n) is 10.8. The molecule has 1 aliphatic rings. The van der Waals surface area contributed by atoms with Crippen LogP contribution in [0.15, 0.2) is 0 Å². The van der Waals surface area contributed by atoms with Crippen LogP contribution in [0.5, 0.6) is 0 Å². The predicted molar refractivity (Wildman–Crippen MR) is 71.0 cm³/mol. The summed E-state index contributed by atoms with van der Waals surface area (Å²) < 4.78 is 0. The van der Waals surface area contributed by atoms with Gasteiger partial charge in [-0.25, -0.2) is 0 Å². The summed E-state index contributed by atoms with van der Waals surface area (Å²) >= 11 is 4.27. The van der Waals surface area contributed by atoms with Crippen LogP contribution in [-0.4, -0.2) is 31.2 Å². The van der Waals surface area contributed by atoms with E-state index in [1.165, 1.54) is 0 Å². The van der Waals surface area contributed by atoms with E-state index in [2.05, 4.69) is 23.3 Å². The van der Waals surface area contributed by atoms with Crippen LogP contribution >= 0.6 is 12.6 Å². The molecule has 1 aliphatic carbocycles. The number of nitrogens with one attached hydrogen (secondary N) is 2. The first-order valence-electron chi connectivity index (χ1n) is 5.95. The zero-order valence-corrected chi connectivity index (χ0v) is 11.7. The van der Waals surface area contributed by atoms with Gasteiger partial charge in [-0.15, -0.1) is 0 Å². The summed E-state index contributed by atoms with van der Waals surface area (Å²) in [6, 6.07) is 0. The molecule has 5 heteroatoms. The zero-order chi connectivity index (χ0) is 13.1. The Morgan fingerprint density at radius 3 is 2.35 bits per heavy atom. The molecular formula is C12H22N2O2S. The summed E-state index contributed by atoms with van der Waals surface area (Å²) in [5, 5.41) is 5.43. The number of hydrogen-bond donors (Lipinski definition) is 3. The van der Waals surface area contributed by atoms with Gasteiger partial charge in [0.15, 0.2) is 0 Å². The summed E-state index contributed by atoms with van der Waals surface area (Å²) in [6.45, 7) is 4.00. The molecule has 4 nitrogen and oxygen atoms in total. The molecular weight excluding hydrogens is 236 g/mol. The first kappa shape index (κ1) is 14.4. The van der Waals surface area contributed by atoms with Gasteiger partial charge >= 0.3 is 0 Å². The number of hydrogen-bond acceptors (Lipinski definition) is 3. The van der Waals surface area contributed by atoms with Crippen molar-refractivity contribution in [3.8, 4) is 0 Å². The third-order valence-corrected chi connectivity index (χ3v) is 4.07. The minimum Gasteiger partial charge on any atom is -0.359 e. The Hall–Kier alpha value is -0.710. The second-order valence-corrected chi connectivity index (χ2v) is 5.89. The Bertz CT molecular complexity index is 312. The SMILES string of the molecule is CNC(=O)C(C)(C)CNC(=O)CC1(CS)CC1. The molecule has 0 aromatic rings. The Morgan fingerprint density at radius 1 is 1.35 bits per heavy atom. The minimum atomic E-state index is -0.567. The molecule has 1 saturated carbocycles. The van der Waals surface area contributed by atoms with Crippen molar-refractivity contribution in [1.82, 2.24) is 10.6 Å². The van der Waals surface area contributed by atoms with E-state index in [9.17, 15) is 9.59 Å². The molecule has 2 N–H and O–H groups in total. The Kier molecular flexibility index (Phi) is 4.47. The minimum absolute atomic E-state index is 0.0218. The normalized spacial score (nSPS) is 17.4. The smallest absolute Gasteiger partial charge is 0.227 e. The number of thiol groups is 1. The third-order valence-electron chi connectivity index (χ3n) is 3.40. The summed E-state index contributed by atoms with van der Waals surface area (Å²) in [6.07, 6.45) is 2.70. The molecule has 0 aromatic carbocycles. The highest BCUT2D eigenvalue weighted by Crippen LogP contribution is 2.49. The lowest BCUT2D eigenvalue weighted by atomic mass is 9.92. The van der Waals surface area contributed by atoms with Crippen LogP contribution in [0, 0.1) is 10.8 Å². The maximum Gasteiger partial charge on any atom is 0.227 e. The molecule has 17 heavy (non-hydrogen) atoms. The maximum atomic E-state index is 11.7. The number of rotatable bonds is 6. The predicted octanol–water partition coefficient (Wildman–Crippen LogP) is 0.975. The van der Waals surface area contributed by atoms with Crippen molar-refractivity contribution in [2.45, 2.75) is 33.1 Å². The van der Waals surface area contributed by atoms with E-state index in [0.717, 1.165) is 18.6 Å². The Labute approximate surface area is 108 Å². The molecule has 1 rings (SSSR count). The van der Waals surface area contributed by atoms with Crippen molar-refractivity contribution < 1.29 is 9.59 Å². The summed E-state index contributed by atoms with van der Waals surface area (Å²) in [4.78, 5) is 23.3. The summed E-state index contributed by atoms with van der Waals surface area (Å²) in [5.74, 6) is 0.723. The van der Waals surface area contributed by atoms with Gasteiger partial charge in [-0.1, -0.05) is 0 Å². The Balaban J connectivity index is 2.35. The monoisotopic (exact) mass is 258 g/mol. The fourth-order valence-corrected chi connectivity index (χ4v) is 2.14. The van der Waals surface area contributed by atoms with Crippen LogP contribution in [0.25, 0.3) is 0 Å². The molecule has 98 valence electrons. The Morgan fingerprint density at radius 2 is 1.94 bits per heavy atom. The molecule has 0 radical (unpaired) electrons. The lowest BCUT2D eigenvalue weighted by Gasteiger charge is -2.23. The topological polar surface area (TPSA) is 58.2 Å². The van der Waals surface area contributed by atoms with Crippen molar-refractivity contribution >= 4 is 24.4 Å². The molecule has 0 aromatic heterocycles. The highest BCUT2D eigenvalue weighted by Gasteiger charge is 2.43. The van der Waals surface area contributed by atoms with E-state index in [-0.39, 0.29) is 17.2 Å². The van der Waals surface area contributed by atoms with Crippen LogP contribution < -0.4 is 10.6 Å². The highest BCUT2D eigenvalue weighted by atomic mass is 32.1. The van der Waals surface area contributed by atoms with Gasteiger partial charge in [-0.3, -0.25) is 9.59 Å². The molecule has 2 amide bonds. The van der Waals surface area contributed by atoms with Crippen LogP contribution in [0.4, 0.5) is 0 Å². The second-order valence-electron chi connectivity index (χ2n) is 5.57. The average Bonchev–Trinajstić information content (AvgIpc) is 3.06. The van der Waals surface area contributed by atoms with Crippen molar-refractivity contribution in [1.29, 1.82) is 0 Å². The van der Waals surface area contributed by atoms with Crippen molar-refractivity contribution in [2.75, 3.05) is 19.3 Å². The number of carbonyl (C=O) groups is 2. The standard InChI is InChI=1S/C12H22N2O2S/c1-11(2,10(16)13-3)7-14-9(15)6-12(8-17)4-5-12/h17H,4-8H2,1-3H3,(H,13,16)(H,14,15). The van der Waals surface area contributed by atoms with Crippen molar-refractivity contribution in [3.63, 3.8) is 0 Å². The third kappa shape index (κ3) is 3.91. The molecule has 0 spiro atoms. The summed E-state index contributed by atoms with van der Waals surface area (Å²) in [7, 11) is 1.60. The molecule has 0 atom stereocenters. The van der Waals surface area contributed by atoms with Crippen molar-refractivity contribution in [3.05, 3.63) is 0 Å². The molecule has 0 saturated heterocycles. The molecule has 1 fully saturated rings. The van der Waals surface area contributed by atoms with Gasteiger partial charge in [0, 0.05) is 20.0 Å². The fourth-order valence-electron chi connectivity index (χ4n) is 1.71. The first-order valence-corrected chi connectivity index (χ1v) is 6.58. The van der Waals surface area contributed by atoms with E-state index in [1.807, 2.05) is 13.8 Å². The van der Waals surface area contributed by atoms with Gasteiger partial charge < -0.3 is 10.6 Å². The molecule has 0 unspecified atom stereocenters. The first-order chi connectivity index (χ1) is 7.85. The van der Waals surface area contributed by atoms with E-state index >= 15 is 0 Å². The van der Waals surface area contributed by atoms with Gasteiger partial charge in [-0.05, 0) is 37.9 Å². The summed E-state index contributed by atoms with van der Waals surface area (Å²) in [5.41, 5.74) is -0.438. The molecule has 0 heterocycles. The fraction of sp³-hybridized carbons (Fsp3) is 0.833. The average molecular weight is 258 g/mol. The largest absolute Gasteiger partial charge is 0.359 e. The van der Waals surface area contributed by atoms with Gasteiger partial charge in [0.25, 0.3) is 0 Å². The van der Waals surface area contributed by atoms with E-state index in [4.69, 9.17) is 0 Å². The van der Waals surface area contributed by atoms with Gasteiger partial charge in [0.05, 0.1) is 5.41 Å². The van der Waals surface area contributed by atoms with E-state index in [1.54, 1.807) is 7.05 Å². The quantitative estimate of drug-likeness (QED) is 0.622. The van der Waals surface area contributed by atoms with Crippen LogP contribution in [-0.2, 0) is 9.59 Å². The van der Waals surface area contributed by atoms with Gasteiger partial charge in [-0.2, -0.15) is 12.6 Å². The van der Waals surface area contributed by atoms with E-state index < -0.39 is 5.41 Å². The van der Waals surface area contributed by atoms with Gasteiger partial charge in [0.1, 0.15) is 0 Å². The number of amides is 2. The maximum absolute atomic E-state index is 11.7. The molecule has 0 aliphatic heterocycles. The second kappa shape index (κ2) is 5.29.